The van der Waals surface area contributed by atoms with Gasteiger partial charge in [0, 0.05) is 17.0 Å². The summed E-state index contributed by atoms with van der Waals surface area (Å²) < 4.78 is 18.2. The van der Waals surface area contributed by atoms with Gasteiger partial charge in [0.1, 0.15) is 11.3 Å². The number of halogens is 1. The topological polar surface area (TPSA) is 75.0 Å². The van der Waals surface area contributed by atoms with Gasteiger partial charge in [0.2, 0.25) is 0 Å². The van der Waals surface area contributed by atoms with E-state index in [4.69, 9.17) is 4.74 Å². The van der Waals surface area contributed by atoms with Gasteiger partial charge in [-0.05, 0) is 25.1 Å². The molecule has 0 saturated carbocycles. The lowest BCUT2D eigenvalue weighted by atomic mass is 10.1. The fourth-order valence-electron chi connectivity index (χ4n) is 2.27. The molecular weight excluding hydrogens is 263 g/mol. The zero-order chi connectivity index (χ0) is 14.3. The highest BCUT2D eigenvalue weighted by Crippen LogP contribution is 2.25. The monoisotopic (exact) mass is 274 g/mol. The molecule has 102 valence electrons. The fraction of sp³-hybridized carbons (Fsp3) is 0.143. The molecule has 0 unspecified atom stereocenters. The van der Waals surface area contributed by atoms with Crippen molar-refractivity contribution < 1.29 is 13.9 Å². The lowest BCUT2D eigenvalue weighted by molar-refractivity contribution is 0.0529. The molecule has 0 aliphatic rings. The van der Waals surface area contributed by atoms with Crippen molar-refractivity contribution in [1.82, 2.24) is 9.97 Å². The lowest BCUT2D eigenvalue weighted by Gasteiger charge is -2.03. The van der Waals surface area contributed by atoms with Crippen LogP contribution >= 0.6 is 0 Å². The molecule has 0 saturated heterocycles. The number of esters is 1. The van der Waals surface area contributed by atoms with Gasteiger partial charge in [-0.2, -0.15) is 0 Å². The predicted octanol–water partition coefficient (Wildman–Crippen LogP) is 2.33. The minimum Gasteiger partial charge on any atom is -0.462 e. The van der Waals surface area contributed by atoms with Crippen LogP contribution in [0.1, 0.15) is 17.3 Å². The molecule has 0 aliphatic heterocycles. The molecule has 1 aromatic carbocycles. The van der Waals surface area contributed by atoms with Gasteiger partial charge in [-0.1, -0.05) is 0 Å². The average molecular weight is 274 g/mol. The van der Waals surface area contributed by atoms with Crippen LogP contribution in [0, 0.1) is 5.82 Å². The third-order valence-corrected chi connectivity index (χ3v) is 3.10. The second-order valence-electron chi connectivity index (χ2n) is 4.32. The number of pyridine rings is 1. The van der Waals surface area contributed by atoms with E-state index in [2.05, 4.69) is 9.97 Å². The quantitative estimate of drug-likeness (QED) is 0.704. The largest absolute Gasteiger partial charge is 0.462 e. The summed E-state index contributed by atoms with van der Waals surface area (Å²) in [4.78, 5) is 29.2. The Morgan fingerprint density at radius 1 is 1.40 bits per heavy atom. The van der Waals surface area contributed by atoms with Gasteiger partial charge in [0.15, 0.2) is 0 Å². The number of benzene rings is 1. The number of hydrogen-bond donors (Lipinski definition) is 2. The number of aromatic nitrogens is 2. The van der Waals surface area contributed by atoms with Crippen molar-refractivity contribution in [3.8, 4) is 0 Å². The van der Waals surface area contributed by atoms with Crippen LogP contribution in [-0.4, -0.2) is 22.5 Å². The highest BCUT2D eigenvalue weighted by atomic mass is 19.1. The maximum atomic E-state index is 13.3. The summed E-state index contributed by atoms with van der Waals surface area (Å²) in [5, 5.41) is 1.03. The Bertz CT molecular complexity index is 879. The first-order chi connectivity index (χ1) is 9.61. The molecule has 0 spiro atoms. The summed E-state index contributed by atoms with van der Waals surface area (Å²) >= 11 is 0. The first kappa shape index (κ1) is 12.4. The van der Waals surface area contributed by atoms with E-state index in [1.807, 2.05) is 0 Å². The number of carbonyl (C=O) groups is 1. The Hall–Kier alpha value is -2.63. The van der Waals surface area contributed by atoms with Gasteiger partial charge >= 0.3 is 5.97 Å². The number of hydrogen-bond acceptors (Lipinski definition) is 3. The van der Waals surface area contributed by atoms with Crippen LogP contribution in [0.2, 0.25) is 0 Å². The number of carbonyl (C=O) groups excluding carboxylic acids is 1. The summed E-state index contributed by atoms with van der Waals surface area (Å²) in [6, 6.07) is 4.03. The van der Waals surface area contributed by atoms with Gasteiger partial charge in [0.05, 0.1) is 17.7 Å². The zero-order valence-corrected chi connectivity index (χ0v) is 10.6. The van der Waals surface area contributed by atoms with Crippen LogP contribution in [0.5, 0.6) is 0 Å². The Kier molecular flexibility index (Phi) is 2.78. The third kappa shape index (κ3) is 1.77. The van der Waals surface area contributed by atoms with Crippen LogP contribution < -0.4 is 5.56 Å². The fourth-order valence-corrected chi connectivity index (χ4v) is 2.27. The van der Waals surface area contributed by atoms with Crippen molar-refractivity contribution >= 4 is 27.8 Å². The van der Waals surface area contributed by atoms with Gasteiger partial charge < -0.3 is 14.7 Å². The summed E-state index contributed by atoms with van der Waals surface area (Å²) in [5.74, 6) is -0.976. The van der Waals surface area contributed by atoms with Crippen molar-refractivity contribution in [1.29, 1.82) is 0 Å². The van der Waals surface area contributed by atoms with Crippen LogP contribution in [-0.2, 0) is 4.74 Å². The lowest BCUT2D eigenvalue weighted by Crippen LogP contribution is -2.08. The van der Waals surface area contributed by atoms with Crippen molar-refractivity contribution in [3.05, 3.63) is 46.1 Å². The standard InChI is InChI=1S/C14H11FN2O3/c1-2-20-14(19)9-6-16-12-11(9)8-4-3-7(15)5-10(8)17-13(12)18/h3-6,16H,2H2,1H3,(H,17,18). The highest BCUT2D eigenvalue weighted by molar-refractivity contribution is 6.14. The Balaban J connectivity index is 2.42. The molecule has 0 bridgehead atoms. The van der Waals surface area contributed by atoms with Gasteiger partial charge in [-0.15, -0.1) is 0 Å². The Morgan fingerprint density at radius 3 is 2.95 bits per heavy atom. The van der Waals surface area contributed by atoms with Gasteiger partial charge in [-0.3, -0.25) is 4.79 Å². The van der Waals surface area contributed by atoms with E-state index in [1.54, 1.807) is 6.92 Å². The van der Waals surface area contributed by atoms with Gasteiger partial charge in [-0.25, -0.2) is 9.18 Å². The van der Waals surface area contributed by atoms with Crippen molar-refractivity contribution in [3.63, 3.8) is 0 Å². The maximum Gasteiger partial charge on any atom is 0.340 e. The van der Waals surface area contributed by atoms with Crippen LogP contribution in [0.4, 0.5) is 4.39 Å². The summed E-state index contributed by atoms with van der Waals surface area (Å²) in [6.07, 6.45) is 1.43. The number of ether oxygens (including phenoxy) is 1. The number of aromatic amines is 2. The highest BCUT2D eigenvalue weighted by Gasteiger charge is 2.17. The van der Waals surface area contributed by atoms with E-state index in [-0.39, 0.29) is 17.7 Å². The van der Waals surface area contributed by atoms with Crippen LogP contribution in [0.15, 0.2) is 29.2 Å². The van der Waals surface area contributed by atoms with Crippen molar-refractivity contribution in [2.75, 3.05) is 6.61 Å². The molecule has 0 aliphatic carbocycles. The first-order valence-electron chi connectivity index (χ1n) is 6.11. The molecule has 6 heteroatoms. The van der Waals surface area contributed by atoms with Gasteiger partial charge in [0.25, 0.3) is 5.56 Å². The third-order valence-electron chi connectivity index (χ3n) is 3.10. The average Bonchev–Trinajstić information content (AvgIpc) is 2.84. The van der Waals surface area contributed by atoms with E-state index < -0.39 is 17.3 Å². The zero-order valence-electron chi connectivity index (χ0n) is 10.6. The second kappa shape index (κ2) is 4.48. The van der Waals surface area contributed by atoms with Crippen molar-refractivity contribution in [2.24, 2.45) is 0 Å². The molecule has 3 rings (SSSR count). The van der Waals surface area contributed by atoms with Crippen LogP contribution in [0.3, 0.4) is 0 Å². The van der Waals surface area contributed by atoms with E-state index in [9.17, 15) is 14.0 Å². The molecule has 0 fully saturated rings. The molecule has 5 nitrogen and oxygen atoms in total. The minimum absolute atomic E-state index is 0.237. The molecule has 2 heterocycles. The molecule has 3 aromatic rings. The van der Waals surface area contributed by atoms with E-state index in [0.29, 0.717) is 16.3 Å². The Morgan fingerprint density at radius 2 is 2.20 bits per heavy atom. The Labute approximate surface area is 112 Å². The number of H-pyrrole nitrogens is 2. The molecule has 20 heavy (non-hydrogen) atoms. The van der Waals surface area contributed by atoms with Crippen LogP contribution in [0.25, 0.3) is 21.8 Å². The summed E-state index contributed by atoms with van der Waals surface area (Å²) in [6.45, 7) is 1.94. The number of nitrogens with one attached hydrogen (secondary N) is 2. The molecule has 2 N–H and O–H groups in total. The van der Waals surface area contributed by atoms with E-state index in [1.165, 1.54) is 24.4 Å². The SMILES string of the molecule is CCOC(=O)c1c[nH]c2c(=O)[nH]c3cc(F)ccc3c12. The number of fused-ring (bicyclic) bond motifs is 3. The molecule has 0 radical (unpaired) electrons. The summed E-state index contributed by atoms with van der Waals surface area (Å²) in [5.41, 5.74) is 0.470. The smallest absolute Gasteiger partial charge is 0.340 e. The molecular formula is C14H11FN2O3. The predicted molar refractivity (Wildman–Crippen MR) is 72.3 cm³/mol. The molecule has 0 atom stereocenters. The normalized spacial score (nSPS) is 11.1. The molecule has 0 amide bonds. The molecule has 2 aromatic heterocycles. The summed E-state index contributed by atoms with van der Waals surface area (Å²) in [7, 11) is 0. The maximum absolute atomic E-state index is 13.3. The van der Waals surface area contributed by atoms with E-state index >= 15 is 0 Å². The first-order valence-corrected chi connectivity index (χ1v) is 6.11. The van der Waals surface area contributed by atoms with E-state index in [0.717, 1.165) is 0 Å². The number of rotatable bonds is 2. The second-order valence-corrected chi connectivity index (χ2v) is 4.32. The minimum atomic E-state index is -0.519. The van der Waals surface area contributed by atoms with Crippen molar-refractivity contribution in [2.45, 2.75) is 6.92 Å².